The van der Waals surface area contributed by atoms with Crippen LogP contribution in [0.25, 0.3) is 10.9 Å². The number of pyridine rings is 1. The van der Waals surface area contributed by atoms with E-state index in [2.05, 4.69) is 38.1 Å². The first kappa shape index (κ1) is 27.6. The van der Waals surface area contributed by atoms with Gasteiger partial charge in [0.2, 0.25) is 0 Å². The SMILES string of the molecule is CC(C)n1cc([C@@H](Nc2cc(Cl)cc3c(N[C@H](CC#N)c4ccccc4)c(C#N)cnc23)c2ccc(F)cc2)nn1. The lowest BCUT2D eigenvalue weighted by atomic mass is 10.0. The fourth-order valence-electron chi connectivity index (χ4n) is 4.63. The van der Waals surface area contributed by atoms with Crippen molar-refractivity contribution in [3.63, 3.8) is 0 Å². The maximum absolute atomic E-state index is 13.8. The molecule has 0 aliphatic heterocycles. The standard InChI is InChI=1S/C31H26ClFN8/c1-19(2)41-18-28(39-40-41)30(21-8-10-24(33)11-9-21)38-27-15-23(32)14-25-29(22(16-35)17-36-31(25)27)37-26(12-13-34)20-6-4-3-5-7-20/h3-11,14-15,17-19,26,30,38H,12H2,1-2H3,(H,36,37)/t26-,30+/m1/s1. The third-order valence-corrected chi connectivity index (χ3v) is 6.95. The molecule has 10 heteroatoms. The van der Waals surface area contributed by atoms with Crippen LogP contribution in [0.5, 0.6) is 0 Å². The van der Waals surface area contributed by atoms with E-state index in [1.165, 1.54) is 18.3 Å². The van der Waals surface area contributed by atoms with Gasteiger partial charge >= 0.3 is 0 Å². The monoisotopic (exact) mass is 564 g/mol. The number of benzene rings is 3. The van der Waals surface area contributed by atoms with Crippen molar-refractivity contribution >= 4 is 33.9 Å². The summed E-state index contributed by atoms with van der Waals surface area (Å²) in [5.41, 5.74) is 4.29. The van der Waals surface area contributed by atoms with Crippen molar-refractivity contribution in [2.75, 3.05) is 10.6 Å². The summed E-state index contributed by atoms with van der Waals surface area (Å²) in [7, 11) is 0. The lowest BCUT2D eigenvalue weighted by molar-refractivity contribution is 0.514. The van der Waals surface area contributed by atoms with E-state index in [9.17, 15) is 14.9 Å². The van der Waals surface area contributed by atoms with Gasteiger partial charge < -0.3 is 10.6 Å². The zero-order valence-electron chi connectivity index (χ0n) is 22.4. The Morgan fingerprint density at radius 2 is 1.76 bits per heavy atom. The molecule has 0 spiro atoms. The second-order valence-corrected chi connectivity index (χ2v) is 10.3. The molecule has 0 fully saturated rings. The van der Waals surface area contributed by atoms with Crippen molar-refractivity contribution in [1.82, 2.24) is 20.0 Å². The van der Waals surface area contributed by atoms with E-state index in [1.54, 1.807) is 28.9 Å². The number of halogens is 2. The van der Waals surface area contributed by atoms with E-state index < -0.39 is 6.04 Å². The van der Waals surface area contributed by atoms with E-state index >= 15 is 0 Å². The smallest absolute Gasteiger partial charge is 0.123 e. The number of fused-ring (bicyclic) bond motifs is 1. The molecule has 5 aromatic rings. The van der Waals surface area contributed by atoms with Crippen molar-refractivity contribution < 1.29 is 4.39 Å². The molecule has 0 saturated carbocycles. The Bertz CT molecular complexity index is 1750. The number of aromatic nitrogens is 4. The van der Waals surface area contributed by atoms with Gasteiger partial charge in [-0.15, -0.1) is 5.10 Å². The zero-order chi connectivity index (χ0) is 28.9. The van der Waals surface area contributed by atoms with Crippen LogP contribution in [0.4, 0.5) is 15.8 Å². The number of nitriles is 2. The summed E-state index contributed by atoms with van der Waals surface area (Å²) in [6.07, 6.45) is 3.53. The van der Waals surface area contributed by atoms with Crippen LogP contribution in [0.15, 0.2) is 79.1 Å². The molecule has 0 amide bonds. The maximum Gasteiger partial charge on any atom is 0.123 e. The second kappa shape index (κ2) is 12.0. The van der Waals surface area contributed by atoms with Gasteiger partial charge in [-0.05, 0) is 49.2 Å². The van der Waals surface area contributed by atoms with Crippen LogP contribution in [0.3, 0.4) is 0 Å². The first-order valence-corrected chi connectivity index (χ1v) is 13.4. The van der Waals surface area contributed by atoms with E-state index in [0.29, 0.717) is 38.6 Å². The summed E-state index contributed by atoms with van der Waals surface area (Å²) in [6, 6.07) is 22.9. The largest absolute Gasteiger partial charge is 0.376 e. The first-order valence-electron chi connectivity index (χ1n) is 13.0. The molecule has 5 rings (SSSR count). The molecular weight excluding hydrogens is 539 g/mol. The van der Waals surface area contributed by atoms with Crippen molar-refractivity contribution in [2.24, 2.45) is 0 Å². The molecule has 204 valence electrons. The van der Waals surface area contributed by atoms with Gasteiger partial charge in [-0.1, -0.05) is 59.3 Å². The number of nitrogens with one attached hydrogen (secondary N) is 2. The predicted molar refractivity (Wildman–Crippen MR) is 157 cm³/mol. The third-order valence-electron chi connectivity index (χ3n) is 6.73. The van der Waals surface area contributed by atoms with Crippen molar-refractivity contribution in [1.29, 1.82) is 10.5 Å². The Hall–Kier alpha value is -4.99. The van der Waals surface area contributed by atoms with Gasteiger partial charge in [-0.3, -0.25) is 4.98 Å². The highest BCUT2D eigenvalue weighted by atomic mass is 35.5. The molecule has 0 aliphatic carbocycles. The Kier molecular flexibility index (Phi) is 8.09. The summed E-state index contributed by atoms with van der Waals surface area (Å²) in [5.74, 6) is -0.349. The van der Waals surface area contributed by atoms with E-state index in [-0.39, 0.29) is 24.3 Å². The minimum Gasteiger partial charge on any atom is -0.376 e. The van der Waals surface area contributed by atoms with E-state index in [4.69, 9.17) is 11.6 Å². The minimum absolute atomic E-state index is 0.0998. The highest BCUT2D eigenvalue weighted by molar-refractivity contribution is 6.32. The lowest BCUT2D eigenvalue weighted by Crippen LogP contribution is -2.15. The van der Waals surface area contributed by atoms with Gasteiger partial charge in [0, 0.05) is 22.6 Å². The highest BCUT2D eigenvalue weighted by Gasteiger charge is 2.23. The van der Waals surface area contributed by atoms with Gasteiger partial charge in [-0.25, -0.2) is 9.07 Å². The van der Waals surface area contributed by atoms with Crippen LogP contribution in [-0.2, 0) is 0 Å². The van der Waals surface area contributed by atoms with Crippen LogP contribution >= 0.6 is 11.6 Å². The average Bonchev–Trinajstić information content (AvgIpc) is 3.47. The molecule has 0 unspecified atom stereocenters. The van der Waals surface area contributed by atoms with Gasteiger partial charge in [0.15, 0.2) is 0 Å². The van der Waals surface area contributed by atoms with E-state index in [0.717, 1.165) is 11.1 Å². The quantitative estimate of drug-likeness (QED) is 0.192. The normalized spacial score (nSPS) is 12.5. The van der Waals surface area contributed by atoms with Crippen LogP contribution in [0, 0.1) is 28.5 Å². The molecule has 2 aromatic heterocycles. The summed E-state index contributed by atoms with van der Waals surface area (Å²) >= 11 is 6.64. The molecule has 41 heavy (non-hydrogen) atoms. The van der Waals surface area contributed by atoms with Crippen LogP contribution in [0.2, 0.25) is 5.02 Å². The molecule has 3 aromatic carbocycles. The second-order valence-electron chi connectivity index (χ2n) is 9.82. The average molecular weight is 565 g/mol. The van der Waals surface area contributed by atoms with E-state index in [1.807, 2.05) is 50.4 Å². The summed E-state index contributed by atoms with van der Waals surface area (Å²) in [6.45, 7) is 4.01. The molecule has 2 heterocycles. The molecule has 0 aliphatic rings. The highest BCUT2D eigenvalue weighted by Crippen LogP contribution is 2.38. The Balaban J connectivity index is 1.63. The zero-order valence-corrected chi connectivity index (χ0v) is 23.1. The Morgan fingerprint density at radius 1 is 1.00 bits per heavy atom. The number of hydrogen-bond donors (Lipinski definition) is 2. The number of hydrogen-bond acceptors (Lipinski definition) is 7. The summed E-state index contributed by atoms with van der Waals surface area (Å²) < 4.78 is 15.6. The summed E-state index contributed by atoms with van der Waals surface area (Å²) in [4.78, 5) is 4.62. The van der Waals surface area contributed by atoms with Crippen LogP contribution < -0.4 is 10.6 Å². The third kappa shape index (κ3) is 5.96. The molecule has 0 radical (unpaired) electrons. The number of rotatable bonds is 9. The van der Waals surface area contributed by atoms with Gasteiger partial charge in [-0.2, -0.15) is 10.5 Å². The first-order chi connectivity index (χ1) is 19.9. The van der Waals surface area contributed by atoms with Crippen molar-refractivity contribution in [3.05, 3.63) is 112 Å². The topological polar surface area (TPSA) is 115 Å². The molecule has 0 bridgehead atoms. The van der Waals surface area contributed by atoms with Gasteiger partial charge in [0.05, 0.1) is 53.2 Å². The molecule has 2 N–H and O–H groups in total. The van der Waals surface area contributed by atoms with Crippen LogP contribution in [-0.4, -0.2) is 20.0 Å². The fraction of sp³-hybridized carbons (Fsp3) is 0.194. The lowest BCUT2D eigenvalue weighted by Gasteiger charge is -2.22. The Labute approximate surface area is 242 Å². The predicted octanol–water partition coefficient (Wildman–Crippen LogP) is 7.34. The maximum atomic E-state index is 13.8. The molecular formula is C31H26ClFN8. The number of anilines is 2. The molecule has 2 atom stereocenters. The number of nitrogens with zero attached hydrogens (tertiary/aromatic N) is 6. The molecule has 8 nitrogen and oxygen atoms in total. The minimum atomic E-state index is -0.505. The van der Waals surface area contributed by atoms with Gasteiger partial charge in [0.25, 0.3) is 0 Å². The van der Waals surface area contributed by atoms with Crippen molar-refractivity contribution in [2.45, 2.75) is 38.4 Å². The Morgan fingerprint density at radius 3 is 2.41 bits per heavy atom. The summed E-state index contributed by atoms with van der Waals surface area (Å²) in [5, 5.41) is 36.1. The van der Waals surface area contributed by atoms with Crippen molar-refractivity contribution in [3.8, 4) is 12.1 Å². The van der Waals surface area contributed by atoms with Crippen LogP contribution in [0.1, 0.15) is 60.8 Å². The fourth-order valence-corrected chi connectivity index (χ4v) is 4.85. The molecule has 0 saturated heterocycles. The van der Waals surface area contributed by atoms with Gasteiger partial charge in [0.1, 0.15) is 17.6 Å².